The minimum atomic E-state index is -0.0341. The highest BCUT2D eigenvalue weighted by Gasteiger charge is 2.14. The van der Waals surface area contributed by atoms with E-state index in [4.69, 9.17) is 4.42 Å². The monoisotopic (exact) mass is 398 g/mol. The first-order valence-electron chi connectivity index (χ1n) is 10.8. The summed E-state index contributed by atoms with van der Waals surface area (Å²) in [7, 11) is 0. The van der Waals surface area contributed by atoms with E-state index < -0.39 is 0 Å². The number of benzene rings is 3. The lowest BCUT2D eigenvalue weighted by atomic mass is 10.0. The van der Waals surface area contributed by atoms with Crippen LogP contribution >= 0.6 is 0 Å². The molecule has 1 aliphatic heterocycles. The van der Waals surface area contributed by atoms with E-state index in [1.54, 1.807) is 6.26 Å². The molecule has 4 heteroatoms. The fraction of sp³-hybridized carbons (Fsp3) is 0.269. The Labute approximate surface area is 176 Å². The van der Waals surface area contributed by atoms with E-state index in [1.807, 2.05) is 30.3 Å². The molecule has 4 aromatic rings. The zero-order valence-electron chi connectivity index (χ0n) is 17.1. The van der Waals surface area contributed by atoms with E-state index in [0.29, 0.717) is 0 Å². The quantitative estimate of drug-likeness (QED) is 0.449. The predicted octanol–water partition coefficient (Wildman–Crippen LogP) is 6.15. The number of fused-ring (bicyclic) bond motifs is 3. The number of hydrogen-bond donors (Lipinski definition) is 1. The topological polar surface area (TPSA) is 45.5 Å². The van der Waals surface area contributed by atoms with Crippen LogP contribution in [0, 0.1) is 0 Å². The van der Waals surface area contributed by atoms with Gasteiger partial charge in [0.05, 0.1) is 12.7 Å². The zero-order valence-corrected chi connectivity index (χ0v) is 17.1. The third-order valence-electron chi connectivity index (χ3n) is 6.01. The maximum atomic E-state index is 12.7. The first-order valence-corrected chi connectivity index (χ1v) is 10.8. The fourth-order valence-electron chi connectivity index (χ4n) is 4.47. The minimum absolute atomic E-state index is 0.0341. The second-order valence-electron chi connectivity index (χ2n) is 8.09. The first-order chi connectivity index (χ1) is 14.8. The van der Waals surface area contributed by atoms with Gasteiger partial charge in [-0.3, -0.25) is 4.79 Å². The molecule has 1 aliphatic rings. The largest absolute Gasteiger partial charge is 0.464 e. The van der Waals surface area contributed by atoms with Crippen LogP contribution in [-0.2, 0) is 11.2 Å². The van der Waals surface area contributed by atoms with Gasteiger partial charge in [-0.1, -0.05) is 43.2 Å². The molecule has 5 rings (SSSR count). The van der Waals surface area contributed by atoms with Gasteiger partial charge in [-0.05, 0) is 53.9 Å². The number of nitrogens with one attached hydrogen (secondary N) is 1. The van der Waals surface area contributed by atoms with Gasteiger partial charge in [0.1, 0.15) is 5.58 Å². The van der Waals surface area contributed by atoms with Crippen molar-refractivity contribution in [3.8, 4) is 0 Å². The molecule has 0 unspecified atom stereocenters. The normalized spacial score (nSPS) is 14.7. The Balaban J connectivity index is 1.31. The van der Waals surface area contributed by atoms with Crippen molar-refractivity contribution in [2.75, 3.05) is 23.3 Å². The number of carbonyl (C=O) groups is 1. The number of amides is 1. The second-order valence-corrected chi connectivity index (χ2v) is 8.09. The van der Waals surface area contributed by atoms with E-state index in [9.17, 15) is 4.79 Å². The van der Waals surface area contributed by atoms with Crippen molar-refractivity contribution < 1.29 is 9.21 Å². The SMILES string of the molecule is O=C(Cc1coc2ccc3ccccc3c12)Nc1ccc(N2CCCCCC2)cc1. The van der Waals surface area contributed by atoms with E-state index >= 15 is 0 Å². The van der Waals surface area contributed by atoms with Crippen LogP contribution in [0.2, 0.25) is 0 Å². The summed E-state index contributed by atoms with van der Waals surface area (Å²) in [6.07, 6.45) is 7.15. The van der Waals surface area contributed by atoms with Crippen LogP contribution < -0.4 is 10.2 Å². The molecule has 0 aliphatic carbocycles. The third kappa shape index (κ3) is 3.78. The Morgan fingerprint density at radius 1 is 0.900 bits per heavy atom. The number of hydrogen-bond acceptors (Lipinski definition) is 3. The van der Waals surface area contributed by atoms with Crippen LogP contribution in [0.4, 0.5) is 11.4 Å². The molecule has 1 saturated heterocycles. The number of furan rings is 1. The summed E-state index contributed by atoms with van der Waals surface area (Å²) in [5, 5.41) is 6.33. The summed E-state index contributed by atoms with van der Waals surface area (Å²) in [6.45, 7) is 2.24. The smallest absolute Gasteiger partial charge is 0.228 e. The average Bonchev–Trinajstić information content (AvgIpc) is 2.99. The van der Waals surface area contributed by atoms with Gasteiger partial charge in [0, 0.05) is 35.4 Å². The van der Waals surface area contributed by atoms with Gasteiger partial charge >= 0.3 is 0 Å². The zero-order chi connectivity index (χ0) is 20.3. The maximum absolute atomic E-state index is 12.7. The summed E-state index contributed by atoms with van der Waals surface area (Å²) >= 11 is 0. The summed E-state index contributed by atoms with van der Waals surface area (Å²) in [5.74, 6) is -0.0341. The molecule has 0 saturated carbocycles. The summed E-state index contributed by atoms with van der Waals surface area (Å²) < 4.78 is 5.72. The Bertz CT molecular complexity index is 1170. The number of anilines is 2. The maximum Gasteiger partial charge on any atom is 0.228 e. The molecule has 30 heavy (non-hydrogen) atoms. The van der Waals surface area contributed by atoms with Gasteiger partial charge in [0.15, 0.2) is 0 Å². The molecule has 1 aromatic heterocycles. The standard InChI is InChI=1S/C26H26N2O2/c29-25(27-21-10-12-22(13-11-21)28-15-5-1-2-6-16-28)17-20-18-30-24-14-9-19-7-3-4-8-23(19)26(20)24/h3-4,7-14,18H,1-2,5-6,15-17H2,(H,27,29). The summed E-state index contributed by atoms with van der Waals surface area (Å²) in [6, 6.07) is 20.5. The van der Waals surface area contributed by atoms with Crippen molar-refractivity contribution in [2.24, 2.45) is 0 Å². The molecular weight excluding hydrogens is 372 g/mol. The lowest BCUT2D eigenvalue weighted by Gasteiger charge is -2.22. The van der Waals surface area contributed by atoms with E-state index in [2.05, 4.69) is 40.5 Å². The summed E-state index contributed by atoms with van der Waals surface area (Å²) in [4.78, 5) is 15.2. The molecule has 0 spiro atoms. The second kappa shape index (κ2) is 8.23. The van der Waals surface area contributed by atoms with Gasteiger partial charge in [0.2, 0.25) is 5.91 Å². The van der Waals surface area contributed by atoms with E-state index in [0.717, 1.165) is 46.1 Å². The number of rotatable bonds is 4. The Morgan fingerprint density at radius 2 is 1.67 bits per heavy atom. The molecular formula is C26H26N2O2. The Kier molecular flexibility index (Phi) is 5.14. The van der Waals surface area contributed by atoms with Crippen LogP contribution in [0.1, 0.15) is 31.2 Å². The molecule has 152 valence electrons. The highest BCUT2D eigenvalue weighted by molar-refractivity contribution is 6.09. The molecule has 0 bridgehead atoms. The molecule has 3 aromatic carbocycles. The average molecular weight is 399 g/mol. The third-order valence-corrected chi connectivity index (χ3v) is 6.01. The Morgan fingerprint density at radius 3 is 2.47 bits per heavy atom. The molecule has 4 nitrogen and oxygen atoms in total. The van der Waals surface area contributed by atoms with E-state index in [1.165, 1.54) is 31.4 Å². The van der Waals surface area contributed by atoms with E-state index in [-0.39, 0.29) is 12.3 Å². The van der Waals surface area contributed by atoms with Gasteiger partial charge in [0.25, 0.3) is 0 Å². The van der Waals surface area contributed by atoms with Crippen LogP contribution in [-0.4, -0.2) is 19.0 Å². The fourth-order valence-corrected chi connectivity index (χ4v) is 4.47. The molecule has 0 atom stereocenters. The minimum Gasteiger partial charge on any atom is -0.464 e. The predicted molar refractivity (Wildman–Crippen MR) is 123 cm³/mol. The highest BCUT2D eigenvalue weighted by atomic mass is 16.3. The lowest BCUT2D eigenvalue weighted by Crippen LogP contribution is -2.23. The van der Waals surface area contributed by atoms with Crippen LogP contribution in [0.3, 0.4) is 0 Å². The molecule has 2 heterocycles. The van der Waals surface area contributed by atoms with Gasteiger partial charge in [-0.25, -0.2) is 0 Å². The molecule has 1 fully saturated rings. The summed E-state index contributed by atoms with van der Waals surface area (Å²) in [5.41, 5.74) is 3.80. The van der Waals surface area contributed by atoms with Crippen LogP contribution in [0.5, 0.6) is 0 Å². The van der Waals surface area contributed by atoms with Gasteiger partial charge in [-0.15, -0.1) is 0 Å². The van der Waals surface area contributed by atoms with Crippen molar-refractivity contribution in [2.45, 2.75) is 32.1 Å². The van der Waals surface area contributed by atoms with Crippen molar-refractivity contribution in [1.82, 2.24) is 0 Å². The van der Waals surface area contributed by atoms with Gasteiger partial charge in [-0.2, -0.15) is 0 Å². The van der Waals surface area contributed by atoms with Crippen LogP contribution in [0.25, 0.3) is 21.7 Å². The lowest BCUT2D eigenvalue weighted by molar-refractivity contribution is -0.115. The Hall–Kier alpha value is -3.27. The van der Waals surface area contributed by atoms with Crippen molar-refractivity contribution in [3.63, 3.8) is 0 Å². The van der Waals surface area contributed by atoms with Crippen molar-refractivity contribution in [1.29, 1.82) is 0 Å². The number of carbonyl (C=O) groups excluding carboxylic acids is 1. The van der Waals surface area contributed by atoms with Crippen molar-refractivity contribution in [3.05, 3.63) is 72.5 Å². The molecule has 0 radical (unpaired) electrons. The molecule has 1 N–H and O–H groups in total. The van der Waals surface area contributed by atoms with Crippen LogP contribution in [0.15, 0.2) is 71.3 Å². The number of nitrogens with zero attached hydrogens (tertiary/aromatic N) is 1. The van der Waals surface area contributed by atoms with Gasteiger partial charge < -0.3 is 14.6 Å². The molecule has 1 amide bonds. The highest BCUT2D eigenvalue weighted by Crippen LogP contribution is 2.30. The first kappa shape index (κ1) is 18.7. The van der Waals surface area contributed by atoms with Crippen molar-refractivity contribution >= 4 is 39.0 Å².